The molecular formula is C19H15Cl3N4OS. The highest BCUT2D eigenvalue weighted by Crippen LogP contribution is 2.29. The van der Waals surface area contributed by atoms with Crippen molar-refractivity contribution in [2.45, 2.75) is 11.7 Å². The van der Waals surface area contributed by atoms with Gasteiger partial charge in [0, 0.05) is 17.8 Å². The Hall–Kier alpha value is -1.99. The van der Waals surface area contributed by atoms with Crippen molar-refractivity contribution < 1.29 is 4.79 Å². The lowest BCUT2D eigenvalue weighted by Crippen LogP contribution is -2.14. The Kier molecular flexibility index (Phi) is 7.02. The highest BCUT2D eigenvalue weighted by Gasteiger charge is 2.16. The molecule has 1 N–H and O–H groups in total. The Balaban J connectivity index is 1.73. The van der Waals surface area contributed by atoms with Crippen molar-refractivity contribution in [3.05, 3.63) is 70.2 Å². The molecule has 0 aliphatic heterocycles. The molecule has 28 heavy (non-hydrogen) atoms. The van der Waals surface area contributed by atoms with E-state index in [-0.39, 0.29) is 11.7 Å². The fourth-order valence-corrected chi connectivity index (χ4v) is 3.70. The van der Waals surface area contributed by atoms with E-state index < -0.39 is 0 Å². The van der Waals surface area contributed by atoms with Crippen LogP contribution in [0.15, 0.2) is 60.3 Å². The molecule has 0 aliphatic rings. The molecule has 2 aromatic carbocycles. The first-order valence-electron chi connectivity index (χ1n) is 8.16. The maximum atomic E-state index is 12.3. The number of aromatic nitrogens is 3. The molecule has 0 aliphatic carbocycles. The van der Waals surface area contributed by atoms with Crippen LogP contribution >= 0.6 is 46.6 Å². The third kappa shape index (κ3) is 4.89. The first-order valence-corrected chi connectivity index (χ1v) is 10.3. The fraction of sp³-hybridized carbons (Fsp3) is 0.105. The van der Waals surface area contributed by atoms with Crippen LogP contribution in [-0.4, -0.2) is 26.4 Å². The summed E-state index contributed by atoms with van der Waals surface area (Å²) in [6.07, 6.45) is 1.74. The number of thioether (sulfide) groups is 1. The van der Waals surface area contributed by atoms with E-state index in [4.69, 9.17) is 34.8 Å². The first-order chi connectivity index (χ1) is 13.5. The summed E-state index contributed by atoms with van der Waals surface area (Å²) < 4.78 is 1.87. The van der Waals surface area contributed by atoms with E-state index in [9.17, 15) is 4.79 Å². The number of carbonyl (C=O) groups is 1. The number of hydrogen-bond donors (Lipinski definition) is 1. The minimum Gasteiger partial charge on any atom is -0.325 e. The van der Waals surface area contributed by atoms with E-state index in [0.29, 0.717) is 38.3 Å². The van der Waals surface area contributed by atoms with Gasteiger partial charge in [0.25, 0.3) is 0 Å². The SMILES string of the molecule is C=CCn1c(SCC(=O)Nc2ccc(Cl)c(Cl)c2)nnc1-c1ccccc1Cl. The molecule has 0 atom stereocenters. The third-order valence-electron chi connectivity index (χ3n) is 3.68. The fourth-order valence-electron chi connectivity index (χ4n) is 2.43. The largest absolute Gasteiger partial charge is 0.325 e. The van der Waals surface area contributed by atoms with Gasteiger partial charge in [-0.15, -0.1) is 16.8 Å². The lowest BCUT2D eigenvalue weighted by atomic mass is 10.2. The normalized spacial score (nSPS) is 10.7. The molecule has 9 heteroatoms. The number of allylic oxidation sites excluding steroid dienone is 1. The van der Waals surface area contributed by atoms with E-state index in [1.165, 1.54) is 11.8 Å². The third-order valence-corrected chi connectivity index (χ3v) is 5.71. The van der Waals surface area contributed by atoms with Crippen molar-refractivity contribution in [2.24, 2.45) is 0 Å². The predicted octanol–water partition coefficient (Wildman–Crippen LogP) is 5.82. The van der Waals surface area contributed by atoms with Crippen LogP contribution in [0.25, 0.3) is 11.4 Å². The van der Waals surface area contributed by atoms with Crippen molar-refractivity contribution in [2.75, 3.05) is 11.1 Å². The van der Waals surface area contributed by atoms with Gasteiger partial charge in [0.2, 0.25) is 5.91 Å². The van der Waals surface area contributed by atoms with Crippen molar-refractivity contribution in [1.82, 2.24) is 14.8 Å². The summed E-state index contributed by atoms with van der Waals surface area (Å²) in [5.74, 6) is 0.576. The van der Waals surface area contributed by atoms with E-state index in [2.05, 4.69) is 22.1 Å². The minimum absolute atomic E-state index is 0.151. The molecule has 0 bridgehead atoms. The van der Waals surface area contributed by atoms with E-state index >= 15 is 0 Å². The standard InChI is InChI=1S/C19H15Cl3N4OS/c1-2-9-26-18(13-5-3-4-6-14(13)20)24-25-19(26)28-11-17(27)23-12-7-8-15(21)16(22)10-12/h2-8,10H,1,9,11H2,(H,23,27). The topological polar surface area (TPSA) is 59.8 Å². The second kappa shape index (κ2) is 9.47. The lowest BCUT2D eigenvalue weighted by Gasteiger charge is -2.09. The summed E-state index contributed by atoms with van der Waals surface area (Å²) >= 11 is 19.4. The smallest absolute Gasteiger partial charge is 0.234 e. The van der Waals surface area contributed by atoms with Crippen LogP contribution in [0.4, 0.5) is 5.69 Å². The molecule has 0 radical (unpaired) electrons. The Bertz CT molecular complexity index is 1020. The Morgan fingerprint density at radius 1 is 1.11 bits per heavy atom. The van der Waals surface area contributed by atoms with E-state index in [1.807, 2.05) is 22.8 Å². The number of nitrogens with zero attached hydrogens (tertiary/aromatic N) is 3. The molecule has 1 aromatic heterocycles. The summed E-state index contributed by atoms with van der Waals surface area (Å²) in [6.45, 7) is 4.27. The number of hydrogen-bond acceptors (Lipinski definition) is 4. The van der Waals surface area contributed by atoms with Gasteiger partial charge in [-0.1, -0.05) is 64.8 Å². The van der Waals surface area contributed by atoms with Crippen LogP contribution < -0.4 is 5.32 Å². The molecule has 1 heterocycles. The molecule has 1 amide bonds. The van der Waals surface area contributed by atoms with Gasteiger partial charge in [0.05, 0.1) is 20.8 Å². The first kappa shape index (κ1) is 20.7. The molecule has 0 fully saturated rings. The number of rotatable bonds is 7. The van der Waals surface area contributed by atoms with Gasteiger partial charge >= 0.3 is 0 Å². The van der Waals surface area contributed by atoms with Gasteiger partial charge < -0.3 is 5.32 Å². The molecule has 0 unspecified atom stereocenters. The predicted molar refractivity (Wildman–Crippen MR) is 116 cm³/mol. The molecule has 0 saturated heterocycles. The zero-order chi connectivity index (χ0) is 20.1. The molecule has 0 saturated carbocycles. The van der Waals surface area contributed by atoms with Crippen LogP contribution in [0, 0.1) is 0 Å². The molecule has 5 nitrogen and oxygen atoms in total. The van der Waals surface area contributed by atoms with Crippen LogP contribution in [0.5, 0.6) is 0 Å². The monoisotopic (exact) mass is 452 g/mol. The van der Waals surface area contributed by atoms with Crippen molar-refractivity contribution in [1.29, 1.82) is 0 Å². The maximum Gasteiger partial charge on any atom is 0.234 e. The number of nitrogens with one attached hydrogen (secondary N) is 1. The van der Waals surface area contributed by atoms with Crippen molar-refractivity contribution >= 4 is 58.2 Å². The highest BCUT2D eigenvalue weighted by molar-refractivity contribution is 7.99. The molecular weight excluding hydrogens is 439 g/mol. The number of amides is 1. The van der Waals surface area contributed by atoms with Gasteiger partial charge in [0.15, 0.2) is 11.0 Å². The average molecular weight is 454 g/mol. The Morgan fingerprint density at radius 2 is 1.89 bits per heavy atom. The molecule has 3 aromatic rings. The van der Waals surface area contributed by atoms with Crippen LogP contribution in [0.2, 0.25) is 15.1 Å². The summed E-state index contributed by atoms with van der Waals surface area (Å²) in [5, 5.41) is 13.2. The number of anilines is 1. The molecule has 144 valence electrons. The summed E-state index contributed by atoms with van der Waals surface area (Å²) in [6, 6.07) is 12.3. The number of benzene rings is 2. The van der Waals surface area contributed by atoms with Gasteiger partial charge in [-0.25, -0.2) is 0 Å². The molecule has 0 spiro atoms. The summed E-state index contributed by atoms with van der Waals surface area (Å²) in [5.41, 5.74) is 1.34. The van der Waals surface area contributed by atoms with E-state index in [1.54, 1.807) is 30.3 Å². The quantitative estimate of drug-likeness (QED) is 0.361. The van der Waals surface area contributed by atoms with Crippen LogP contribution in [0.3, 0.4) is 0 Å². The van der Waals surface area contributed by atoms with Gasteiger partial charge in [0.1, 0.15) is 0 Å². The number of carbonyl (C=O) groups excluding carboxylic acids is 1. The summed E-state index contributed by atoms with van der Waals surface area (Å²) in [4.78, 5) is 12.3. The average Bonchev–Trinajstić information content (AvgIpc) is 3.06. The van der Waals surface area contributed by atoms with Crippen LogP contribution in [-0.2, 0) is 11.3 Å². The van der Waals surface area contributed by atoms with Crippen molar-refractivity contribution in [3.63, 3.8) is 0 Å². The second-order valence-electron chi connectivity index (χ2n) is 5.65. The Morgan fingerprint density at radius 3 is 2.61 bits per heavy atom. The maximum absolute atomic E-state index is 12.3. The Labute approximate surface area is 181 Å². The van der Waals surface area contributed by atoms with Crippen LogP contribution in [0.1, 0.15) is 0 Å². The summed E-state index contributed by atoms with van der Waals surface area (Å²) in [7, 11) is 0. The van der Waals surface area contributed by atoms with Gasteiger partial charge in [-0.05, 0) is 30.3 Å². The lowest BCUT2D eigenvalue weighted by molar-refractivity contribution is -0.113. The minimum atomic E-state index is -0.198. The van der Waals surface area contributed by atoms with E-state index in [0.717, 1.165) is 5.56 Å². The van der Waals surface area contributed by atoms with Gasteiger partial charge in [-0.3, -0.25) is 9.36 Å². The zero-order valence-electron chi connectivity index (χ0n) is 14.5. The highest BCUT2D eigenvalue weighted by atomic mass is 35.5. The number of halogens is 3. The molecule has 3 rings (SSSR count). The zero-order valence-corrected chi connectivity index (χ0v) is 17.6. The van der Waals surface area contributed by atoms with Crippen molar-refractivity contribution in [3.8, 4) is 11.4 Å². The van der Waals surface area contributed by atoms with Gasteiger partial charge in [-0.2, -0.15) is 0 Å². The second-order valence-corrected chi connectivity index (χ2v) is 7.82.